The Morgan fingerprint density at radius 1 is 1.33 bits per heavy atom. The molecule has 1 aromatic rings. The van der Waals surface area contributed by atoms with E-state index in [0.717, 1.165) is 31.6 Å². The molecule has 0 saturated carbocycles. The number of amides is 1. The van der Waals surface area contributed by atoms with Crippen LogP contribution in [0.25, 0.3) is 0 Å². The van der Waals surface area contributed by atoms with E-state index in [9.17, 15) is 4.79 Å². The first-order chi connectivity index (χ1) is 10.2. The van der Waals surface area contributed by atoms with Crippen molar-refractivity contribution in [2.24, 2.45) is 5.41 Å². The molecule has 2 fully saturated rings. The number of aryl methyl sites for hydroxylation is 1. The van der Waals surface area contributed by atoms with Gasteiger partial charge in [-0.1, -0.05) is 30.8 Å². The molecular weight excluding hydrogens is 260 g/mol. The van der Waals surface area contributed by atoms with Crippen LogP contribution in [0.15, 0.2) is 36.5 Å². The number of rotatable bonds is 1. The van der Waals surface area contributed by atoms with Crippen LogP contribution in [0, 0.1) is 5.41 Å². The molecule has 1 spiro atoms. The molecule has 3 nitrogen and oxygen atoms in total. The van der Waals surface area contributed by atoms with Gasteiger partial charge in [0, 0.05) is 24.7 Å². The second-order valence-corrected chi connectivity index (χ2v) is 6.84. The van der Waals surface area contributed by atoms with Gasteiger partial charge in [-0.3, -0.25) is 9.69 Å². The van der Waals surface area contributed by atoms with Crippen molar-refractivity contribution < 1.29 is 4.79 Å². The summed E-state index contributed by atoms with van der Waals surface area (Å²) < 4.78 is 0. The highest BCUT2D eigenvalue weighted by molar-refractivity contribution is 5.88. The minimum absolute atomic E-state index is 0.194. The van der Waals surface area contributed by atoms with Gasteiger partial charge in [-0.15, -0.1) is 0 Å². The number of benzene rings is 1. The lowest BCUT2D eigenvalue weighted by Crippen LogP contribution is -2.36. The molecule has 2 atom stereocenters. The number of nitrogens with one attached hydrogen (secondary N) is 1. The quantitative estimate of drug-likeness (QED) is 0.859. The summed E-state index contributed by atoms with van der Waals surface area (Å²) in [6.07, 6.45) is 5.45. The van der Waals surface area contributed by atoms with Crippen LogP contribution in [0.2, 0.25) is 0 Å². The smallest absolute Gasteiger partial charge is 0.232 e. The van der Waals surface area contributed by atoms with Crippen LogP contribution in [0.1, 0.15) is 42.9 Å². The zero-order valence-corrected chi connectivity index (χ0v) is 12.4. The van der Waals surface area contributed by atoms with Gasteiger partial charge in [0.05, 0.1) is 5.41 Å². The van der Waals surface area contributed by atoms with Gasteiger partial charge in [0.25, 0.3) is 0 Å². The highest BCUT2D eigenvalue weighted by Gasteiger charge is 2.50. The molecular formula is C18H22N2O. The largest absolute Gasteiger partial charge is 0.330 e. The van der Waals surface area contributed by atoms with Gasteiger partial charge in [0.1, 0.15) is 0 Å². The van der Waals surface area contributed by atoms with Crippen LogP contribution in [-0.2, 0) is 11.2 Å². The van der Waals surface area contributed by atoms with Crippen molar-refractivity contribution in [1.82, 2.24) is 10.2 Å². The molecule has 2 aliphatic heterocycles. The Bertz CT molecular complexity index is 609. The number of allylic oxidation sites excluding steroid dienone is 1. The van der Waals surface area contributed by atoms with Gasteiger partial charge in [-0.2, -0.15) is 0 Å². The molecule has 110 valence electrons. The van der Waals surface area contributed by atoms with E-state index < -0.39 is 0 Å². The Morgan fingerprint density at radius 3 is 3.00 bits per heavy atom. The molecule has 3 heteroatoms. The SMILES string of the molecule is C=C1CC2(CCN(C3CCCc4ccccc43)C2)C(=O)N1. The van der Waals surface area contributed by atoms with E-state index >= 15 is 0 Å². The second kappa shape index (κ2) is 4.70. The molecule has 0 bridgehead atoms. The van der Waals surface area contributed by atoms with Crippen molar-refractivity contribution in [3.63, 3.8) is 0 Å². The summed E-state index contributed by atoms with van der Waals surface area (Å²) in [6, 6.07) is 9.32. The van der Waals surface area contributed by atoms with Crippen LogP contribution in [0.3, 0.4) is 0 Å². The summed E-state index contributed by atoms with van der Waals surface area (Å²) in [6.45, 7) is 5.86. The molecule has 0 radical (unpaired) electrons. The topological polar surface area (TPSA) is 32.3 Å². The van der Waals surface area contributed by atoms with Crippen LogP contribution in [0.5, 0.6) is 0 Å². The average molecular weight is 282 g/mol. The molecule has 2 unspecified atom stereocenters. The second-order valence-electron chi connectivity index (χ2n) is 6.84. The minimum Gasteiger partial charge on any atom is -0.330 e. The van der Waals surface area contributed by atoms with Gasteiger partial charge < -0.3 is 5.32 Å². The number of nitrogens with zero attached hydrogens (tertiary/aromatic N) is 1. The fourth-order valence-electron chi connectivity index (χ4n) is 4.43. The minimum atomic E-state index is -0.205. The van der Waals surface area contributed by atoms with Crippen molar-refractivity contribution in [3.05, 3.63) is 47.7 Å². The third kappa shape index (κ3) is 2.03. The molecule has 1 aromatic carbocycles. The van der Waals surface area contributed by atoms with Crippen LogP contribution >= 0.6 is 0 Å². The van der Waals surface area contributed by atoms with Crippen LogP contribution in [-0.4, -0.2) is 23.9 Å². The predicted molar refractivity (Wildman–Crippen MR) is 82.6 cm³/mol. The van der Waals surface area contributed by atoms with Gasteiger partial charge >= 0.3 is 0 Å². The summed E-state index contributed by atoms with van der Waals surface area (Å²) in [7, 11) is 0. The summed E-state index contributed by atoms with van der Waals surface area (Å²) in [4.78, 5) is 14.8. The Morgan fingerprint density at radius 2 is 2.19 bits per heavy atom. The van der Waals surface area contributed by atoms with Crippen molar-refractivity contribution in [1.29, 1.82) is 0 Å². The standard InChI is InChI=1S/C18H22N2O/c1-13-11-18(17(21)19-13)9-10-20(12-18)16-8-4-6-14-5-2-3-7-15(14)16/h2-3,5,7,16H,1,4,6,8-12H2,(H,19,21). The predicted octanol–water partition coefficient (Wildman–Crippen LogP) is 2.79. The molecule has 21 heavy (non-hydrogen) atoms. The van der Waals surface area contributed by atoms with E-state index in [1.165, 1.54) is 30.4 Å². The Kier molecular flexibility index (Phi) is 2.93. The maximum atomic E-state index is 12.3. The molecule has 1 amide bonds. The molecule has 3 aliphatic rings. The van der Waals surface area contributed by atoms with Gasteiger partial charge in [0.15, 0.2) is 0 Å². The monoisotopic (exact) mass is 282 g/mol. The molecule has 4 rings (SSSR count). The first-order valence-electron chi connectivity index (χ1n) is 7.99. The summed E-state index contributed by atoms with van der Waals surface area (Å²) in [5, 5.41) is 2.93. The Balaban J connectivity index is 1.60. The number of fused-ring (bicyclic) bond motifs is 1. The lowest BCUT2D eigenvalue weighted by atomic mass is 9.84. The van der Waals surface area contributed by atoms with Crippen molar-refractivity contribution in [2.75, 3.05) is 13.1 Å². The fraction of sp³-hybridized carbons (Fsp3) is 0.500. The average Bonchev–Trinajstić information content (AvgIpc) is 3.03. The maximum Gasteiger partial charge on any atom is 0.232 e. The van der Waals surface area contributed by atoms with Crippen LogP contribution < -0.4 is 5.32 Å². The highest BCUT2D eigenvalue weighted by Crippen LogP contribution is 2.45. The zero-order valence-electron chi connectivity index (χ0n) is 12.4. The molecule has 0 aromatic heterocycles. The van der Waals surface area contributed by atoms with Crippen LogP contribution in [0.4, 0.5) is 0 Å². The Hall–Kier alpha value is -1.61. The molecule has 1 N–H and O–H groups in total. The lowest BCUT2D eigenvalue weighted by Gasteiger charge is -2.34. The summed E-state index contributed by atoms with van der Waals surface area (Å²) in [5.41, 5.74) is 3.67. The van der Waals surface area contributed by atoms with E-state index in [1.807, 2.05) is 0 Å². The Labute approximate surface area is 126 Å². The van der Waals surface area contributed by atoms with Gasteiger partial charge in [0.2, 0.25) is 5.91 Å². The number of hydrogen-bond donors (Lipinski definition) is 1. The van der Waals surface area contributed by atoms with E-state index in [-0.39, 0.29) is 11.3 Å². The number of carbonyl (C=O) groups is 1. The molecule has 2 heterocycles. The number of hydrogen-bond acceptors (Lipinski definition) is 2. The summed E-state index contributed by atoms with van der Waals surface area (Å²) in [5.74, 6) is 0.194. The fourth-order valence-corrected chi connectivity index (χ4v) is 4.43. The van der Waals surface area contributed by atoms with E-state index in [4.69, 9.17) is 0 Å². The number of carbonyl (C=O) groups excluding carboxylic acids is 1. The summed E-state index contributed by atoms with van der Waals surface area (Å²) >= 11 is 0. The van der Waals surface area contributed by atoms with Crippen molar-refractivity contribution in [3.8, 4) is 0 Å². The van der Waals surface area contributed by atoms with E-state index in [1.54, 1.807) is 0 Å². The van der Waals surface area contributed by atoms with Crippen molar-refractivity contribution >= 4 is 5.91 Å². The van der Waals surface area contributed by atoms with Crippen molar-refractivity contribution in [2.45, 2.75) is 38.1 Å². The highest BCUT2D eigenvalue weighted by atomic mass is 16.2. The third-order valence-electron chi connectivity index (χ3n) is 5.49. The van der Waals surface area contributed by atoms with Gasteiger partial charge in [-0.25, -0.2) is 0 Å². The molecule has 2 saturated heterocycles. The first-order valence-corrected chi connectivity index (χ1v) is 7.99. The van der Waals surface area contributed by atoms with Gasteiger partial charge in [-0.05, 0) is 43.4 Å². The maximum absolute atomic E-state index is 12.3. The number of likely N-dealkylation sites (tertiary alicyclic amines) is 1. The zero-order chi connectivity index (χ0) is 14.4. The lowest BCUT2D eigenvalue weighted by molar-refractivity contribution is -0.127. The first kappa shape index (κ1) is 13.1. The third-order valence-corrected chi connectivity index (χ3v) is 5.49. The van der Waals surface area contributed by atoms with E-state index in [2.05, 4.69) is 41.1 Å². The normalized spacial score (nSPS) is 32.5. The molecule has 1 aliphatic carbocycles. The van der Waals surface area contributed by atoms with E-state index in [0.29, 0.717) is 6.04 Å².